The molecule has 3 aliphatic heterocycles. The van der Waals surface area contributed by atoms with Gasteiger partial charge >= 0.3 is 6.03 Å². The summed E-state index contributed by atoms with van der Waals surface area (Å²) >= 11 is 0. The first kappa shape index (κ1) is 19.7. The minimum atomic E-state index is 0.131. The van der Waals surface area contributed by atoms with Crippen molar-refractivity contribution in [3.63, 3.8) is 0 Å². The van der Waals surface area contributed by atoms with E-state index in [1.165, 1.54) is 5.56 Å². The minimum Gasteiger partial charge on any atom is -0.379 e. The number of benzene rings is 1. The molecule has 0 saturated carbocycles. The Balaban J connectivity index is 1.21. The molecule has 0 radical (unpaired) electrons. The number of urea groups is 1. The Kier molecular flexibility index (Phi) is 6.83. The third-order valence-electron chi connectivity index (χ3n) is 6.40. The van der Waals surface area contributed by atoms with Crippen molar-refractivity contribution in [3.05, 3.63) is 35.9 Å². The maximum absolute atomic E-state index is 12.8. The number of nitrogens with zero attached hydrogens (tertiary/aromatic N) is 3. The molecule has 28 heavy (non-hydrogen) atoms. The number of amides is 2. The molecule has 4 rings (SSSR count). The highest BCUT2D eigenvalue weighted by atomic mass is 16.5. The average molecular weight is 387 g/mol. The molecule has 3 aliphatic rings. The largest absolute Gasteiger partial charge is 0.379 e. The van der Waals surface area contributed by atoms with E-state index >= 15 is 0 Å². The van der Waals surface area contributed by atoms with Crippen LogP contribution in [0, 0.1) is 0 Å². The van der Waals surface area contributed by atoms with Crippen molar-refractivity contribution >= 4 is 6.03 Å². The lowest BCUT2D eigenvalue weighted by Crippen LogP contribution is -2.55. The Morgan fingerprint density at radius 2 is 1.75 bits per heavy atom. The van der Waals surface area contributed by atoms with Crippen LogP contribution in [0.1, 0.15) is 31.2 Å². The van der Waals surface area contributed by atoms with Crippen LogP contribution in [-0.4, -0.2) is 85.3 Å². The number of morpholine rings is 1. The Bertz CT molecular complexity index is 612. The van der Waals surface area contributed by atoms with Crippen molar-refractivity contribution in [2.24, 2.45) is 0 Å². The van der Waals surface area contributed by atoms with Gasteiger partial charge in [-0.25, -0.2) is 4.79 Å². The predicted molar refractivity (Wildman–Crippen MR) is 110 cm³/mol. The van der Waals surface area contributed by atoms with Gasteiger partial charge in [-0.15, -0.1) is 0 Å². The van der Waals surface area contributed by atoms with Crippen LogP contribution in [0.2, 0.25) is 0 Å². The van der Waals surface area contributed by atoms with Crippen molar-refractivity contribution in [3.8, 4) is 0 Å². The Hall–Kier alpha value is -1.63. The third-order valence-corrected chi connectivity index (χ3v) is 6.40. The predicted octanol–water partition coefficient (Wildman–Crippen LogP) is 2.16. The van der Waals surface area contributed by atoms with Gasteiger partial charge in [0.15, 0.2) is 0 Å². The van der Waals surface area contributed by atoms with Crippen LogP contribution in [0.15, 0.2) is 30.3 Å². The van der Waals surface area contributed by atoms with Gasteiger partial charge < -0.3 is 15.0 Å². The average Bonchev–Trinajstić information content (AvgIpc) is 2.75. The smallest absolute Gasteiger partial charge is 0.317 e. The highest BCUT2D eigenvalue weighted by molar-refractivity contribution is 5.74. The lowest BCUT2D eigenvalue weighted by molar-refractivity contribution is 0.00364. The van der Waals surface area contributed by atoms with Gasteiger partial charge in [0.25, 0.3) is 0 Å². The highest BCUT2D eigenvalue weighted by Crippen LogP contribution is 2.19. The topological polar surface area (TPSA) is 48.1 Å². The number of ether oxygens (including phenoxy) is 1. The first-order chi connectivity index (χ1) is 13.8. The van der Waals surface area contributed by atoms with Gasteiger partial charge in [0, 0.05) is 51.4 Å². The quantitative estimate of drug-likeness (QED) is 0.862. The first-order valence-corrected chi connectivity index (χ1v) is 10.9. The molecule has 154 valence electrons. The van der Waals surface area contributed by atoms with Gasteiger partial charge in [-0.1, -0.05) is 30.3 Å². The second-order valence-corrected chi connectivity index (χ2v) is 8.38. The van der Waals surface area contributed by atoms with Gasteiger partial charge in [0.1, 0.15) is 0 Å². The molecule has 3 fully saturated rings. The molecular weight excluding hydrogens is 352 g/mol. The normalized spacial score (nSPS) is 25.6. The van der Waals surface area contributed by atoms with E-state index < -0.39 is 0 Å². The summed E-state index contributed by atoms with van der Waals surface area (Å²) in [7, 11) is 0. The second kappa shape index (κ2) is 9.72. The highest BCUT2D eigenvalue weighted by Gasteiger charge is 2.29. The summed E-state index contributed by atoms with van der Waals surface area (Å²) < 4.78 is 5.46. The molecule has 6 nitrogen and oxygen atoms in total. The van der Waals surface area contributed by atoms with E-state index in [2.05, 4.69) is 45.4 Å². The van der Waals surface area contributed by atoms with Crippen LogP contribution in [-0.2, 0) is 11.3 Å². The fourth-order valence-corrected chi connectivity index (χ4v) is 4.80. The summed E-state index contributed by atoms with van der Waals surface area (Å²) in [5, 5.41) is 3.31. The zero-order valence-corrected chi connectivity index (χ0v) is 16.9. The number of hydrogen-bond acceptors (Lipinski definition) is 4. The van der Waals surface area contributed by atoms with E-state index in [4.69, 9.17) is 4.74 Å². The van der Waals surface area contributed by atoms with Crippen LogP contribution < -0.4 is 5.32 Å². The lowest BCUT2D eigenvalue weighted by atomic mass is 10.0. The molecule has 1 aromatic carbocycles. The van der Waals surface area contributed by atoms with Crippen molar-refractivity contribution in [2.45, 2.75) is 44.3 Å². The van der Waals surface area contributed by atoms with Crippen molar-refractivity contribution in [2.75, 3.05) is 52.5 Å². The number of likely N-dealkylation sites (tertiary alicyclic amines) is 2. The second-order valence-electron chi connectivity index (χ2n) is 8.38. The van der Waals surface area contributed by atoms with Crippen molar-refractivity contribution < 1.29 is 9.53 Å². The van der Waals surface area contributed by atoms with Gasteiger partial charge in [-0.2, -0.15) is 0 Å². The van der Waals surface area contributed by atoms with Crippen LogP contribution >= 0.6 is 0 Å². The van der Waals surface area contributed by atoms with Gasteiger partial charge in [-0.3, -0.25) is 9.80 Å². The molecule has 1 aromatic rings. The molecule has 0 unspecified atom stereocenters. The molecule has 1 atom stereocenters. The van der Waals surface area contributed by atoms with E-state index in [0.717, 1.165) is 84.7 Å². The first-order valence-electron chi connectivity index (χ1n) is 10.9. The van der Waals surface area contributed by atoms with Crippen LogP contribution in [0.25, 0.3) is 0 Å². The molecule has 0 aromatic heterocycles. The summed E-state index contributed by atoms with van der Waals surface area (Å²) in [5.74, 6) is 0. The van der Waals surface area contributed by atoms with Crippen LogP contribution in [0.5, 0.6) is 0 Å². The van der Waals surface area contributed by atoms with Crippen LogP contribution in [0.3, 0.4) is 0 Å². The number of piperidine rings is 2. The number of hydrogen-bond donors (Lipinski definition) is 1. The van der Waals surface area contributed by atoms with Crippen LogP contribution in [0.4, 0.5) is 4.79 Å². The van der Waals surface area contributed by atoms with Gasteiger partial charge in [0.05, 0.1) is 13.2 Å². The molecule has 1 N–H and O–H groups in total. The SMILES string of the molecule is O=C(N[C@H]1CCCN(Cc2ccccc2)C1)N1CCC(N2CCOCC2)CC1. The van der Waals surface area contributed by atoms with Gasteiger partial charge in [-0.05, 0) is 37.8 Å². The Morgan fingerprint density at radius 1 is 1.00 bits per heavy atom. The summed E-state index contributed by atoms with van der Waals surface area (Å²) in [4.78, 5) is 19.8. The Morgan fingerprint density at radius 3 is 2.50 bits per heavy atom. The number of nitrogens with one attached hydrogen (secondary N) is 1. The fourth-order valence-electron chi connectivity index (χ4n) is 4.80. The van der Waals surface area contributed by atoms with E-state index in [1.807, 2.05) is 4.90 Å². The zero-order chi connectivity index (χ0) is 19.2. The lowest BCUT2D eigenvalue weighted by Gasteiger charge is -2.40. The maximum atomic E-state index is 12.8. The molecular formula is C22H34N4O2. The Labute approximate surface area is 168 Å². The van der Waals surface area contributed by atoms with E-state index in [9.17, 15) is 4.79 Å². The summed E-state index contributed by atoms with van der Waals surface area (Å²) in [5.41, 5.74) is 1.35. The van der Waals surface area contributed by atoms with E-state index in [1.54, 1.807) is 0 Å². The number of rotatable bonds is 4. The zero-order valence-electron chi connectivity index (χ0n) is 16.9. The molecule has 2 amide bonds. The summed E-state index contributed by atoms with van der Waals surface area (Å²) in [6, 6.07) is 11.6. The molecule has 3 saturated heterocycles. The molecule has 6 heteroatoms. The fraction of sp³-hybridized carbons (Fsp3) is 0.682. The monoisotopic (exact) mass is 386 g/mol. The van der Waals surface area contributed by atoms with Crippen molar-refractivity contribution in [1.82, 2.24) is 20.0 Å². The maximum Gasteiger partial charge on any atom is 0.317 e. The minimum absolute atomic E-state index is 0.131. The molecule has 0 aliphatic carbocycles. The van der Waals surface area contributed by atoms with E-state index in [-0.39, 0.29) is 12.1 Å². The van der Waals surface area contributed by atoms with E-state index in [0.29, 0.717) is 6.04 Å². The standard InChI is InChI=1S/C22H34N4O2/c27-22(26-11-8-21(9-12-26)25-13-15-28-16-14-25)23-20-7-4-10-24(18-20)17-19-5-2-1-3-6-19/h1-3,5-6,20-21H,4,7-18H2,(H,23,27)/t20-/m0/s1. The summed E-state index contributed by atoms with van der Waals surface area (Å²) in [6.07, 6.45) is 4.40. The van der Waals surface area contributed by atoms with Crippen molar-refractivity contribution in [1.29, 1.82) is 0 Å². The van der Waals surface area contributed by atoms with Gasteiger partial charge in [0.2, 0.25) is 0 Å². The third kappa shape index (κ3) is 5.25. The number of carbonyl (C=O) groups excluding carboxylic acids is 1. The number of carbonyl (C=O) groups is 1. The molecule has 0 bridgehead atoms. The summed E-state index contributed by atoms with van der Waals surface area (Å²) in [6.45, 7) is 8.55. The molecule has 3 heterocycles. The molecule has 0 spiro atoms.